The highest BCUT2D eigenvalue weighted by molar-refractivity contribution is 5.44. The lowest BCUT2D eigenvalue weighted by molar-refractivity contribution is 0.0671. The zero-order valence-corrected chi connectivity index (χ0v) is 12.7. The van der Waals surface area contributed by atoms with Crippen molar-refractivity contribution >= 4 is 0 Å². The van der Waals surface area contributed by atoms with Crippen LogP contribution in [0.25, 0.3) is 0 Å². The molecule has 110 valence electrons. The van der Waals surface area contributed by atoms with Crippen LogP contribution in [0, 0.1) is 0 Å². The van der Waals surface area contributed by atoms with Gasteiger partial charge >= 0.3 is 0 Å². The Labute approximate surface area is 122 Å². The van der Waals surface area contributed by atoms with Crippen molar-refractivity contribution in [1.82, 2.24) is 5.32 Å². The first-order chi connectivity index (χ1) is 9.55. The number of unbranched alkanes of at least 4 members (excludes halogenated alkanes) is 1. The Hall–Kier alpha value is -1.48. The van der Waals surface area contributed by atoms with Crippen LogP contribution in [0.5, 0.6) is 11.5 Å². The van der Waals surface area contributed by atoms with Crippen LogP contribution in [0.4, 0.5) is 0 Å². The summed E-state index contributed by atoms with van der Waals surface area (Å²) < 4.78 is 11.8. The van der Waals surface area contributed by atoms with Crippen molar-refractivity contribution in [1.29, 1.82) is 0 Å². The maximum Gasteiger partial charge on any atom is 0.128 e. The van der Waals surface area contributed by atoms with Crippen molar-refractivity contribution in [2.24, 2.45) is 0 Å². The minimum Gasteiger partial charge on any atom is -0.493 e. The Morgan fingerprint density at radius 3 is 3.00 bits per heavy atom. The van der Waals surface area contributed by atoms with E-state index in [0.717, 1.165) is 30.8 Å². The Bertz CT molecular complexity index is 468. The molecule has 1 N–H and O–H groups in total. The Balaban J connectivity index is 2.11. The van der Waals surface area contributed by atoms with Crippen LogP contribution < -0.4 is 14.8 Å². The summed E-state index contributed by atoms with van der Waals surface area (Å²) in [4.78, 5) is 0. The summed E-state index contributed by atoms with van der Waals surface area (Å²) in [6.45, 7) is 8.67. The number of benzene rings is 1. The van der Waals surface area contributed by atoms with Crippen molar-refractivity contribution in [2.75, 3.05) is 13.7 Å². The lowest BCUT2D eigenvalue weighted by atomic mass is 9.90. The maximum atomic E-state index is 6.08. The van der Waals surface area contributed by atoms with Gasteiger partial charge in [0.1, 0.15) is 17.1 Å². The molecule has 1 aromatic rings. The Morgan fingerprint density at radius 2 is 2.30 bits per heavy atom. The van der Waals surface area contributed by atoms with Gasteiger partial charge in [0.2, 0.25) is 0 Å². The van der Waals surface area contributed by atoms with Gasteiger partial charge in [-0.15, -0.1) is 6.58 Å². The van der Waals surface area contributed by atoms with Gasteiger partial charge < -0.3 is 14.8 Å². The maximum absolute atomic E-state index is 6.08. The molecular formula is C17H25NO2. The van der Waals surface area contributed by atoms with Crippen molar-refractivity contribution in [2.45, 2.75) is 44.8 Å². The number of nitrogens with one attached hydrogen (secondary N) is 1. The predicted molar refractivity (Wildman–Crippen MR) is 82.5 cm³/mol. The number of hydrogen-bond donors (Lipinski definition) is 1. The van der Waals surface area contributed by atoms with Gasteiger partial charge in [-0.1, -0.05) is 12.1 Å². The van der Waals surface area contributed by atoms with Crippen molar-refractivity contribution in [3.05, 3.63) is 36.4 Å². The fraction of sp³-hybridized carbons (Fsp3) is 0.529. The third kappa shape index (κ3) is 3.54. The fourth-order valence-corrected chi connectivity index (χ4v) is 2.60. The van der Waals surface area contributed by atoms with E-state index in [1.165, 1.54) is 5.56 Å². The molecule has 0 amide bonds. The van der Waals surface area contributed by atoms with E-state index in [4.69, 9.17) is 9.47 Å². The fourth-order valence-electron chi connectivity index (χ4n) is 2.60. The number of rotatable bonds is 6. The molecule has 0 saturated carbocycles. The molecule has 1 unspecified atom stereocenters. The zero-order chi connectivity index (χ0) is 14.6. The standard InChI is InChI=1S/C17H25NO2/c1-5-6-7-10-19-13-8-9-14-15(18-4)12-17(2,3)20-16(14)11-13/h5,8-9,11,15,18H,1,6-7,10,12H2,2-4H3. The van der Waals surface area contributed by atoms with E-state index in [0.29, 0.717) is 12.6 Å². The molecule has 1 atom stereocenters. The monoisotopic (exact) mass is 275 g/mol. The van der Waals surface area contributed by atoms with Crippen molar-refractivity contribution in [3.8, 4) is 11.5 Å². The van der Waals surface area contributed by atoms with Gasteiger partial charge in [0.15, 0.2) is 0 Å². The minimum atomic E-state index is -0.151. The zero-order valence-electron chi connectivity index (χ0n) is 12.7. The summed E-state index contributed by atoms with van der Waals surface area (Å²) in [6.07, 6.45) is 4.86. The summed E-state index contributed by atoms with van der Waals surface area (Å²) in [5.41, 5.74) is 1.06. The second-order valence-corrected chi connectivity index (χ2v) is 5.89. The third-order valence-corrected chi connectivity index (χ3v) is 3.61. The van der Waals surface area contributed by atoms with E-state index >= 15 is 0 Å². The van der Waals surface area contributed by atoms with Crippen LogP contribution in [-0.2, 0) is 0 Å². The second kappa shape index (κ2) is 6.31. The summed E-state index contributed by atoms with van der Waals surface area (Å²) in [5.74, 6) is 1.81. The van der Waals surface area contributed by atoms with Crippen LogP contribution in [0.2, 0.25) is 0 Å². The number of allylic oxidation sites excluding steroid dienone is 1. The van der Waals surface area contributed by atoms with Crippen LogP contribution in [0.3, 0.4) is 0 Å². The molecule has 3 nitrogen and oxygen atoms in total. The number of ether oxygens (including phenoxy) is 2. The molecule has 0 spiro atoms. The molecule has 0 fully saturated rings. The van der Waals surface area contributed by atoms with Gasteiger partial charge in [-0.2, -0.15) is 0 Å². The van der Waals surface area contributed by atoms with E-state index in [1.54, 1.807) is 0 Å². The Kier molecular flexibility index (Phi) is 4.71. The topological polar surface area (TPSA) is 30.5 Å². The second-order valence-electron chi connectivity index (χ2n) is 5.89. The summed E-state index contributed by atoms with van der Waals surface area (Å²) in [5, 5.41) is 3.36. The average molecular weight is 275 g/mol. The molecule has 0 radical (unpaired) electrons. The van der Waals surface area contributed by atoms with Gasteiger partial charge in [0.25, 0.3) is 0 Å². The first-order valence-electron chi connectivity index (χ1n) is 7.29. The van der Waals surface area contributed by atoms with Gasteiger partial charge in [-0.3, -0.25) is 0 Å². The highest BCUT2D eigenvalue weighted by Crippen LogP contribution is 2.40. The molecule has 1 aliphatic rings. The van der Waals surface area contributed by atoms with Crippen LogP contribution >= 0.6 is 0 Å². The highest BCUT2D eigenvalue weighted by atomic mass is 16.5. The normalized spacial score (nSPS) is 19.9. The van der Waals surface area contributed by atoms with Crippen LogP contribution in [-0.4, -0.2) is 19.3 Å². The van der Waals surface area contributed by atoms with E-state index in [2.05, 4.69) is 31.8 Å². The Morgan fingerprint density at radius 1 is 1.50 bits per heavy atom. The lowest BCUT2D eigenvalue weighted by Gasteiger charge is -2.37. The van der Waals surface area contributed by atoms with Crippen molar-refractivity contribution in [3.63, 3.8) is 0 Å². The SMILES string of the molecule is C=CCCCOc1ccc2c(c1)OC(C)(C)CC2NC. The van der Waals surface area contributed by atoms with Gasteiger partial charge in [0.05, 0.1) is 6.61 Å². The third-order valence-electron chi connectivity index (χ3n) is 3.61. The smallest absolute Gasteiger partial charge is 0.128 e. The van der Waals surface area contributed by atoms with E-state index < -0.39 is 0 Å². The predicted octanol–water partition coefficient (Wildman–Crippen LogP) is 3.85. The summed E-state index contributed by atoms with van der Waals surface area (Å²) in [6, 6.07) is 6.48. The lowest BCUT2D eigenvalue weighted by Crippen LogP contribution is -2.38. The molecule has 20 heavy (non-hydrogen) atoms. The molecule has 0 bridgehead atoms. The molecule has 1 aliphatic heterocycles. The first-order valence-corrected chi connectivity index (χ1v) is 7.29. The van der Waals surface area contributed by atoms with Crippen LogP contribution in [0.1, 0.15) is 44.7 Å². The van der Waals surface area contributed by atoms with Gasteiger partial charge in [-0.05, 0) is 39.8 Å². The largest absolute Gasteiger partial charge is 0.493 e. The first kappa shape index (κ1) is 14.9. The number of hydrogen-bond acceptors (Lipinski definition) is 3. The summed E-state index contributed by atoms with van der Waals surface area (Å²) in [7, 11) is 2.00. The van der Waals surface area contributed by atoms with Gasteiger partial charge in [-0.25, -0.2) is 0 Å². The summed E-state index contributed by atoms with van der Waals surface area (Å²) >= 11 is 0. The minimum absolute atomic E-state index is 0.151. The van der Waals surface area contributed by atoms with E-state index in [-0.39, 0.29) is 5.60 Å². The molecule has 1 heterocycles. The number of fused-ring (bicyclic) bond motifs is 1. The molecule has 3 heteroatoms. The van der Waals surface area contributed by atoms with Crippen LogP contribution in [0.15, 0.2) is 30.9 Å². The molecule has 0 aliphatic carbocycles. The molecule has 2 rings (SSSR count). The molecule has 1 aromatic carbocycles. The average Bonchev–Trinajstić information content (AvgIpc) is 2.41. The molecule has 0 saturated heterocycles. The molecule has 0 aromatic heterocycles. The highest BCUT2D eigenvalue weighted by Gasteiger charge is 2.33. The van der Waals surface area contributed by atoms with Crippen molar-refractivity contribution < 1.29 is 9.47 Å². The van der Waals surface area contributed by atoms with Gasteiger partial charge in [0, 0.05) is 24.1 Å². The van der Waals surface area contributed by atoms with E-state index in [1.807, 2.05) is 25.3 Å². The van der Waals surface area contributed by atoms with E-state index in [9.17, 15) is 0 Å². The quantitative estimate of drug-likeness (QED) is 0.632. The molecular weight excluding hydrogens is 250 g/mol.